The molecule has 0 spiro atoms. The van der Waals surface area contributed by atoms with Crippen molar-refractivity contribution in [2.45, 2.75) is 60.8 Å². The average molecular weight is 208 g/mol. The molecule has 0 aromatic carbocycles. The normalized spacial score (nSPS) is 10.8. The van der Waals surface area contributed by atoms with E-state index < -0.39 is 0 Å². The van der Waals surface area contributed by atoms with E-state index in [0.29, 0.717) is 0 Å². The van der Waals surface area contributed by atoms with Gasteiger partial charge in [0.1, 0.15) is 0 Å². The SMILES string of the molecule is C=C/C(C=C(C)C)=C(/C)CCCC.CC. The number of hydrogen-bond donors (Lipinski definition) is 0. The quantitative estimate of drug-likeness (QED) is 0.510. The van der Waals surface area contributed by atoms with Gasteiger partial charge in [-0.15, -0.1) is 0 Å². The number of hydrogen-bond acceptors (Lipinski definition) is 0. The fourth-order valence-corrected chi connectivity index (χ4v) is 1.25. The van der Waals surface area contributed by atoms with Gasteiger partial charge in [0.05, 0.1) is 0 Å². The minimum absolute atomic E-state index is 1.20. The van der Waals surface area contributed by atoms with E-state index >= 15 is 0 Å². The third-order valence-electron chi connectivity index (χ3n) is 2.06. The standard InChI is InChI=1S/C13H22.C2H6/c1-6-8-9-12(5)13(7-2)10-11(3)4;1-2/h7,10H,2,6,8-9H2,1,3-5H3;1-2H3/b13-12+;. The van der Waals surface area contributed by atoms with E-state index in [-0.39, 0.29) is 0 Å². The Labute approximate surface area is 96.8 Å². The Morgan fingerprint density at radius 2 is 1.67 bits per heavy atom. The van der Waals surface area contributed by atoms with Crippen LogP contribution in [-0.4, -0.2) is 0 Å². The largest absolute Gasteiger partial charge is 0.0985 e. The van der Waals surface area contributed by atoms with Gasteiger partial charge in [0, 0.05) is 0 Å². The highest BCUT2D eigenvalue weighted by atomic mass is 14.0. The van der Waals surface area contributed by atoms with Crippen LogP contribution in [0.5, 0.6) is 0 Å². The molecule has 0 aliphatic heterocycles. The minimum atomic E-state index is 1.20. The van der Waals surface area contributed by atoms with Gasteiger partial charge in [-0.05, 0) is 39.2 Å². The molecule has 0 unspecified atom stereocenters. The monoisotopic (exact) mass is 208 g/mol. The molecule has 0 aromatic heterocycles. The third kappa shape index (κ3) is 9.52. The summed E-state index contributed by atoms with van der Waals surface area (Å²) >= 11 is 0. The van der Waals surface area contributed by atoms with Crippen LogP contribution in [0.25, 0.3) is 0 Å². The van der Waals surface area contributed by atoms with E-state index in [0.717, 1.165) is 0 Å². The van der Waals surface area contributed by atoms with Crippen LogP contribution >= 0.6 is 0 Å². The molecule has 0 nitrogen and oxygen atoms in total. The van der Waals surface area contributed by atoms with Gasteiger partial charge in [-0.25, -0.2) is 0 Å². The van der Waals surface area contributed by atoms with Gasteiger partial charge in [0.2, 0.25) is 0 Å². The molecule has 0 rings (SSSR count). The number of unbranched alkanes of at least 4 members (excludes halogenated alkanes) is 1. The van der Waals surface area contributed by atoms with Crippen molar-refractivity contribution in [1.29, 1.82) is 0 Å². The molecule has 0 bridgehead atoms. The zero-order chi connectivity index (χ0) is 12.3. The van der Waals surface area contributed by atoms with Crippen molar-refractivity contribution in [2.75, 3.05) is 0 Å². The first kappa shape index (κ1) is 16.6. The second kappa shape index (κ2) is 11.3. The van der Waals surface area contributed by atoms with E-state index in [4.69, 9.17) is 0 Å². The summed E-state index contributed by atoms with van der Waals surface area (Å²) in [6.45, 7) is 16.5. The molecule has 88 valence electrons. The van der Waals surface area contributed by atoms with Gasteiger partial charge in [-0.3, -0.25) is 0 Å². The highest BCUT2D eigenvalue weighted by molar-refractivity contribution is 5.35. The van der Waals surface area contributed by atoms with E-state index in [1.807, 2.05) is 19.9 Å². The maximum atomic E-state index is 3.84. The zero-order valence-electron chi connectivity index (χ0n) is 11.5. The lowest BCUT2D eigenvalue weighted by Gasteiger charge is -2.04. The van der Waals surface area contributed by atoms with Crippen LogP contribution in [0.1, 0.15) is 60.8 Å². The second-order valence-corrected chi connectivity index (χ2v) is 3.77. The zero-order valence-corrected chi connectivity index (χ0v) is 11.5. The fraction of sp³-hybridized carbons (Fsp3) is 0.600. The van der Waals surface area contributed by atoms with Crippen molar-refractivity contribution in [3.63, 3.8) is 0 Å². The Bertz CT molecular complexity index is 212. The molecule has 0 saturated heterocycles. The summed E-state index contributed by atoms with van der Waals surface area (Å²) in [5.74, 6) is 0. The van der Waals surface area contributed by atoms with Gasteiger partial charge in [0.25, 0.3) is 0 Å². The Morgan fingerprint density at radius 3 is 2.00 bits per heavy atom. The van der Waals surface area contributed by atoms with Crippen LogP contribution in [0.4, 0.5) is 0 Å². The Hall–Kier alpha value is -0.780. The Morgan fingerprint density at radius 1 is 1.13 bits per heavy atom. The topological polar surface area (TPSA) is 0 Å². The van der Waals surface area contributed by atoms with Crippen LogP contribution in [0.2, 0.25) is 0 Å². The Balaban J connectivity index is 0. The molecule has 0 heteroatoms. The smallest absolute Gasteiger partial charge is 0.0274 e. The maximum Gasteiger partial charge on any atom is -0.0274 e. The lowest BCUT2D eigenvalue weighted by molar-refractivity contribution is 0.784. The van der Waals surface area contributed by atoms with E-state index in [9.17, 15) is 0 Å². The fourth-order valence-electron chi connectivity index (χ4n) is 1.25. The molecule has 0 atom stereocenters. The van der Waals surface area contributed by atoms with E-state index in [1.165, 1.54) is 36.0 Å². The molecule has 0 radical (unpaired) electrons. The van der Waals surface area contributed by atoms with Crippen LogP contribution < -0.4 is 0 Å². The lowest BCUT2D eigenvalue weighted by Crippen LogP contribution is -1.84. The van der Waals surface area contributed by atoms with Gasteiger partial charge in [-0.1, -0.05) is 57.1 Å². The molecular weight excluding hydrogens is 180 g/mol. The summed E-state index contributed by atoms with van der Waals surface area (Å²) in [6, 6.07) is 0. The molecule has 0 aliphatic rings. The molecule has 15 heavy (non-hydrogen) atoms. The van der Waals surface area contributed by atoms with Crippen LogP contribution in [-0.2, 0) is 0 Å². The molecule has 0 aromatic rings. The lowest BCUT2D eigenvalue weighted by atomic mass is 10.0. The number of allylic oxidation sites excluding steroid dienone is 5. The van der Waals surface area contributed by atoms with E-state index in [2.05, 4.69) is 40.3 Å². The van der Waals surface area contributed by atoms with Gasteiger partial charge in [-0.2, -0.15) is 0 Å². The predicted molar refractivity (Wildman–Crippen MR) is 73.2 cm³/mol. The van der Waals surface area contributed by atoms with Crippen LogP contribution in [0, 0.1) is 0 Å². The summed E-state index contributed by atoms with van der Waals surface area (Å²) in [7, 11) is 0. The third-order valence-corrected chi connectivity index (χ3v) is 2.06. The summed E-state index contributed by atoms with van der Waals surface area (Å²) in [4.78, 5) is 0. The molecular formula is C15H28. The van der Waals surface area contributed by atoms with Crippen molar-refractivity contribution < 1.29 is 0 Å². The molecule has 0 aliphatic carbocycles. The summed E-state index contributed by atoms with van der Waals surface area (Å²) < 4.78 is 0. The maximum absolute atomic E-state index is 3.84. The second-order valence-electron chi connectivity index (χ2n) is 3.77. The highest BCUT2D eigenvalue weighted by Gasteiger charge is 1.95. The molecule has 0 fully saturated rings. The predicted octanol–water partition coefficient (Wildman–Crippen LogP) is 5.67. The molecule has 0 saturated carbocycles. The van der Waals surface area contributed by atoms with Crippen LogP contribution in [0.15, 0.2) is 35.5 Å². The first-order valence-corrected chi connectivity index (χ1v) is 6.08. The van der Waals surface area contributed by atoms with Crippen LogP contribution in [0.3, 0.4) is 0 Å². The summed E-state index contributed by atoms with van der Waals surface area (Å²) in [5.41, 5.74) is 4.09. The van der Waals surface area contributed by atoms with Gasteiger partial charge >= 0.3 is 0 Å². The first-order valence-electron chi connectivity index (χ1n) is 6.08. The van der Waals surface area contributed by atoms with Gasteiger partial charge < -0.3 is 0 Å². The van der Waals surface area contributed by atoms with E-state index in [1.54, 1.807) is 0 Å². The molecule has 0 amide bonds. The van der Waals surface area contributed by atoms with Crippen molar-refractivity contribution in [1.82, 2.24) is 0 Å². The van der Waals surface area contributed by atoms with Crippen molar-refractivity contribution in [3.05, 3.63) is 35.5 Å². The average Bonchev–Trinajstić information content (AvgIpc) is 2.25. The first-order chi connectivity index (χ1) is 7.11. The van der Waals surface area contributed by atoms with Gasteiger partial charge in [0.15, 0.2) is 0 Å². The number of rotatable bonds is 5. The molecule has 0 heterocycles. The highest BCUT2D eigenvalue weighted by Crippen LogP contribution is 2.15. The summed E-state index contributed by atoms with van der Waals surface area (Å²) in [6.07, 6.45) is 7.90. The van der Waals surface area contributed by atoms with Crippen molar-refractivity contribution >= 4 is 0 Å². The molecule has 0 N–H and O–H groups in total. The van der Waals surface area contributed by atoms with Crippen molar-refractivity contribution in [3.8, 4) is 0 Å². The van der Waals surface area contributed by atoms with Crippen molar-refractivity contribution in [2.24, 2.45) is 0 Å². The minimum Gasteiger partial charge on any atom is -0.0985 e. The Kier molecular flexibility index (Phi) is 12.5. The summed E-state index contributed by atoms with van der Waals surface area (Å²) in [5, 5.41) is 0.